The van der Waals surface area contributed by atoms with Crippen LogP contribution in [-0.2, 0) is 0 Å². The molecule has 1 aliphatic heterocycles. The molecule has 0 amide bonds. The van der Waals surface area contributed by atoms with Crippen molar-refractivity contribution in [2.45, 2.75) is 6.42 Å². The molecule has 0 unspecified atom stereocenters. The predicted octanol–water partition coefficient (Wildman–Crippen LogP) is 1.82. The van der Waals surface area contributed by atoms with Gasteiger partial charge in [0.25, 0.3) is 0 Å². The monoisotopic (exact) mass is 249 g/mol. The van der Waals surface area contributed by atoms with Gasteiger partial charge in [-0.3, -0.25) is 4.57 Å². The van der Waals surface area contributed by atoms with Gasteiger partial charge in [-0.1, -0.05) is 17.7 Å². The van der Waals surface area contributed by atoms with Gasteiger partial charge in [-0.25, -0.2) is 4.79 Å². The van der Waals surface area contributed by atoms with Crippen molar-refractivity contribution in [1.29, 1.82) is 0 Å². The molecule has 2 heterocycles. The van der Waals surface area contributed by atoms with Gasteiger partial charge in [-0.2, -0.15) is 0 Å². The topological polar surface area (TPSA) is 49.8 Å². The number of rotatable bonds is 1. The maximum Gasteiger partial charge on any atom is 0.330 e. The highest BCUT2D eigenvalue weighted by atomic mass is 35.5. The summed E-state index contributed by atoms with van der Waals surface area (Å²) in [6, 6.07) is 5.43. The van der Waals surface area contributed by atoms with Crippen LogP contribution in [0.15, 0.2) is 29.1 Å². The molecule has 17 heavy (non-hydrogen) atoms. The molecule has 0 bridgehead atoms. The highest BCUT2D eigenvalue weighted by molar-refractivity contribution is 6.31. The van der Waals surface area contributed by atoms with E-state index in [0.29, 0.717) is 5.02 Å². The van der Waals surface area contributed by atoms with Crippen molar-refractivity contribution in [3.8, 4) is 0 Å². The van der Waals surface area contributed by atoms with Crippen molar-refractivity contribution in [2.24, 2.45) is 0 Å². The van der Waals surface area contributed by atoms with Crippen LogP contribution in [0.4, 0.5) is 0 Å². The molecule has 0 aliphatic carbocycles. The molecule has 0 saturated carbocycles. The first-order chi connectivity index (χ1) is 8.25. The molecule has 4 nitrogen and oxygen atoms in total. The molecule has 5 heteroatoms. The Labute approximate surface area is 103 Å². The number of halogens is 1. The van der Waals surface area contributed by atoms with Gasteiger partial charge in [-0.15, -0.1) is 0 Å². The lowest BCUT2D eigenvalue weighted by molar-refractivity contribution is 0.716. The van der Waals surface area contributed by atoms with Gasteiger partial charge < -0.3 is 10.3 Å². The Hall–Kier alpha value is -1.52. The molecular weight excluding hydrogens is 238 g/mol. The average molecular weight is 250 g/mol. The molecule has 0 atom stereocenters. The molecule has 0 spiro atoms. The summed E-state index contributed by atoms with van der Waals surface area (Å²) in [7, 11) is 0. The van der Waals surface area contributed by atoms with E-state index in [1.807, 2.05) is 18.2 Å². The third-order valence-electron chi connectivity index (χ3n) is 2.97. The number of nitrogens with one attached hydrogen (secondary N) is 2. The second-order valence-corrected chi connectivity index (χ2v) is 4.51. The summed E-state index contributed by atoms with van der Waals surface area (Å²) in [5, 5.41) is 3.87. The van der Waals surface area contributed by atoms with E-state index < -0.39 is 0 Å². The summed E-state index contributed by atoms with van der Waals surface area (Å²) in [5.74, 6) is 0. The quantitative estimate of drug-likeness (QED) is 0.810. The minimum atomic E-state index is -0.101. The Kier molecular flexibility index (Phi) is 2.53. The minimum Gasteiger partial charge on any atom is -0.313 e. The molecular formula is C12H12ClN3O. The van der Waals surface area contributed by atoms with Crippen LogP contribution < -0.4 is 11.0 Å². The Morgan fingerprint density at radius 2 is 2.24 bits per heavy atom. The van der Waals surface area contributed by atoms with Crippen molar-refractivity contribution in [1.82, 2.24) is 14.9 Å². The maximum absolute atomic E-state index is 12.0. The fraction of sp³-hybridized carbons (Fsp3) is 0.250. The van der Waals surface area contributed by atoms with Crippen LogP contribution in [0.2, 0.25) is 5.02 Å². The van der Waals surface area contributed by atoms with Gasteiger partial charge in [0.05, 0.1) is 11.0 Å². The Morgan fingerprint density at radius 3 is 3.00 bits per heavy atom. The second-order valence-electron chi connectivity index (χ2n) is 4.08. The molecule has 3 rings (SSSR count). The number of H-pyrrole nitrogens is 1. The minimum absolute atomic E-state index is 0.101. The van der Waals surface area contributed by atoms with E-state index in [1.54, 1.807) is 10.6 Å². The highest BCUT2D eigenvalue weighted by Gasteiger charge is 2.12. The number of aromatic nitrogens is 2. The molecule has 88 valence electrons. The lowest BCUT2D eigenvalue weighted by Crippen LogP contribution is -2.25. The SMILES string of the molecule is O=c1[nH]c2ccc(Cl)cc2n1C1=CCNCC1. The van der Waals surface area contributed by atoms with E-state index >= 15 is 0 Å². The fourth-order valence-electron chi connectivity index (χ4n) is 2.17. The molecule has 1 aliphatic rings. The van der Waals surface area contributed by atoms with E-state index in [2.05, 4.69) is 10.3 Å². The van der Waals surface area contributed by atoms with Gasteiger partial charge >= 0.3 is 5.69 Å². The number of aromatic amines is 1. The maximum atomic E-state index is 12.0. The van der Waals surface area contributed by atoms with Crippen LogP contribution in [0.3, 0.4) is 0 Å². The number of hydrogen-bond donors (Lipinski definition) is 2. The van der Waals surface area contributed by atoms with Crippen molar-refractivity contribution in [3.63, 3.8) is 0 Å². The van der Waals surface area contributed by atoms with E-state index in [4.69, 9.17) is 11.6 Å². The summed E-state index contributed by atoms with van der Waals surface area (Å²) >= 11 is 5.98. The summed E-state index contributed by atoms with van der Waals surface area (Å²) in [5.41, 5.74) is 2.59. The number of hydrogen-bond acceptors (Lipinski definition) is 2. The summed E-state index contributed by atoms with van der Waals surface area (Å²) in [4.78, 5) is 14.8. The zero-order chi connectivity index (χ0) is 11.8. The molecule has 0 saturated heterocycles. The van der Waals surface area contributed by atoms with E-state index in [1.165, 1.54) is 0 Å². The third-order valence-corrected chi connectivity index (χ3v) is 3.21. The van der Waals surface area contributed by atoms with Gasteiger partial charge in [0.2, 0.25) is 0 Å². The van der Waals surface area contributed by atoms with E-state index in [0.717, 1.165) is 36.2 Å². The van der Waals surface area contributed by atoms with Crippen LogP contribution in [0.1, 0.15) is 6.42 Å². The third kappa shape index (κ3) is 1.79. The molecule has 0 radical (unpaired) electrons. The molecule has 2 N–H and O–H groups in total. The smallest absolute Gasteiger partial charge is 0.313 e. The largest absolute Gasteiger partial charge is 0.330 e. The summed E-state index contributed by atoms with van der Waals surface area (Å²) in [6.07, 6.45) is 2.89. The number of fused-ring (bicyclic) bond motifs is 1. The van der Waals surface area contributed by atoms with Crippen molar-refractivity contribution < 1.29 is 0 Å². The van der Waals surface area contributed by atoms with Gasteiger partial charge in [0, 0.05) is 30.2 Å². The Bertz CT molecular complexity index is 653. The number of benzene rings is 1. The Balaban J connectivity index is 2.27. The van der Waals surface area contributed by atoms with Crippen LogP contribution in [0.5, 0.6) is 0 Å². The first-order valence-electron chi connectivity index (χ1n) is 5.56. The molecule has 2 aromatic rings. The second kappa shape index (κ2) is 4.05. The lowest BCUT2D eigenvalue weighted by atomic mass is 10.2. The molecule has 1 aromatic carbocycles. The highest BCUT2D eigenvalue weighted by Crippen LogP contribution is 2.21. The standard InChI is InChI=1S/C12H12ClN3O/c13-8-1-2-10-11(7-8)16(12(17)15-10)9-3-5-14-6-4-9/h1-3,7,14H,4-6H2,(H,15,17). The molecule has 1 aromatic heterocycles. The summed E-state index contributed by atoms with van der Waals surface area (Å²) in [6.45, 7) is 1.69. The van der Waals surface area contributed by atoms with Crippen molar-refractivity contribution >= 4 is 28.3 Å². The van der Waals surface area contributed by atoms with Gasteiger partial charge in [-0.05, 0) is 18.2 Å². The van der Waals surface area contributed by atoms with Crippen molar-refractivity contribution in [2.75, 3.05) is 13.1 Å². The van der Waals surface area contributed by atoms with E-state index in [9.17, 15) is 4.79 Å². The van der Waals surface area contributed by atoms with Crippen LogP contribution in [0.25, 0.3) is 16.7 Å². The summed E-state index contributed by atoms with van der Waals surface area (Å²) < 4.78 is 1.71. The predicted molar refractivity (Wildman–Crippen MR) is 69.3 cm³/mol. The van der Waals surface area contributed by atoms with Gasteiger partial charge in [0.15, 0.2) is 0 Å². The normalized spacial score (nSPS) is 16.2. The fourth-order valence-corrected chi connectivity index (χ4v) is 2.34. The van der Waals surface area contributed by atoms with Crippen LogP contribution >= 0.6 is 11.6 Å². The lowest BCUT2D eigenvalue weighted by Gasteiger charge is -2.14. The first kappa shape index (κ1) is 10.6. The first-order valence-corrected chi connectivity index (χ1v) is 5.94. The van der Waals surface area contributed by atoms with Crippen LogP contribution in [-0.4, -0.2) is 22.6 Å². The van der Waals surface area contributed by atoms with Gasteiger partial charge in [0.1, 0.15) is 0 Å². The van der Waals surface area contributed by atoms with E-state index in [-0.39, 0.29) is 5.69 Å². The number of imidazole rings is 1. The zero-order valence-corrected chi connectivity index (χ0v) is 9.92. The number of nitrogens with zero attached hydrogens (tertiary/aromatic N) is 1. The zero-order valence-electron chi connectivity index (χ0n) is 9.16. The Morgan fingerprint density at radius 1 is 1.35 bits per heavy atom. The van der Waals surface area contributed by atoms with Crippen LogP contribution in [0, 0.1) is 0 Å². The van der Waals surface area contributed by atoms with Crippen molar-refractivity contribution in [3.05, 3.63) is 39.8 Å². The average Bonchev–Trinajstić information content (AvgIpc) is 2.65. The molecule has 0 fully saturated rings.